The van der Waals surface area contributed by atoms with Gasteiger partial charge in [0.1, 0.15) is 0 Å². The largest absolute Gasteiger partial charge is 0.358 e. The van der Waals surface area contributed by atoms with E-state index in [0.29, 0.717) is 0 Å². The number of hydrogen-bond acceptors (Lipinski definition) is 4. The van der Waals surface area contributed by atoms with Gasteiger partial charge in [-0.2, -0.15) is 0 Å². The van der Waals surface area contributed by atoms with Crippen LogP contribution in [0.5, 0.6) is 0 Å². The molecule has 2 aromatic rings. The van der Waals surface area contributed by atoms with Crippen LogP contribution in [0.3, 0.4) is 0 Å². The van der Waals surface area contributed by atoms with Gasteiger partial charge in [-0.1, -0.05) is 30.3 Å². The van der Waals surface area contributed by atoms with Gasteiger partial charge in [-0.15, -0.1) is 0 Å². The monoisotopic (exact) mass is 348 g/mol. The number of benzene rings is 1. The van der Waals surface area contributed by atoms with Crippen molar-refractivity contribution in [3.63, 3.8) is 0 Å². The summed E-state index contributed by atoms with van der Waals surface area (Å²) in [5, 5.41) is 0. The van der Waals surface area contributed by atoms with Crippen LogP contribution in [0.4, 0.5) is 5.69 Å². The van der Waals surface area contributed by atoms with Gasteiger partial charge in [-0.05, 0) is 56.0 Å². The summed E-state index contributed by atoms with van der Waals surface area (Å²) in [5.74, 6) is 0.866. The van der Waals surface area contributed by atoms with Gasteiger partial charge in [0.2, 0.25) is 0 Å². The predicted octanol–water partition coefficient (Wildman–Crippen LogP) is 3.93. The lowest BCUT2D eigenvalue weighted by molar-refractivity contribution is 0.166. The maximum Gasteiger partial charge on any atom is 0.0941 e. The molecule has 0 spiro atoms. The number of nitrogens with zero attached hydrogens (tertiary/aromatic N) is 4. The highest BCUT2D eigenvalue weighted by Gasteiger charge is 2.21. The zero-order valence-corrected chi connectivity index (χ0v) is 15.4. The Balaban J connectivity index is 1.17. The molecule has 0 saturated carbocycles. The van der Waals surface area contributed by atoms with E-state index in [1.165, 1.54) is 43.6 Å². The molecule has 2 aliphatic heterocycles. The fraction of sp³-hybridized carbons (Fsp3) is 0.409. The molecular formula is C22H28N4. The average molecular weight is 348 g/mol. The maximum atomic E-state index is 4.10. The summed E-state index contributed by atoms with van der Waals surface area (Å²) in [6.07, 6.45) is 12.1. The van der Waals surface area contributed by atoms with Crippen LogP contribution in [0.15, 0.2) is 67.3 Å². The van der Waals surface area contributed by atoms with Crippen LogP contribution in [0.25, 0.3) is 0 Å². The normalized spacial score (nSPS) is 18.6. The molecule has 4 nitrogen and oxygen atoms in total. The standard InChI is InChI=1S/C22H28N4/c1-2-4-21(5-3-1)18-24-13-8-20(9-14-24)10-15-25-16-17-26(19-25)22-6-11-23-12-7-22/h1-7,11-12,16-17,20H,8-10,13-15,18-19H2. The number of piperidine rings is 1. The second-order valence-corrected chi connectivity index (χ2v) is 7.42. The first kappa shape index (κ1) is 17.1. The summed E-state index contributed by atoms with van der Waals surface area (Å²) in [7, 11) is 0. The Hall–Kier alpha value is -2.33. The molecule has 1 saturated heterocycles. The number of rotatable bonds is 6. The van der Waals surface area contributed by atoms with Crippen molar-refractivity contribution in [1.82, 2.24) is 14.8 Å². The third kappa shape index (κ3) is 4.44. The summed E-state index contributed by atoms with van der Waals surface area (Å²) in [5.41, 5.74) is 2.65. The number of hydrogen-bond donors (Lipinski definition) is 0. The van der Waals surface area contributed by atoms with Crippen LogP contribution >= 0.6 is 0 Å². The molecule has 3 heterocycles. The minimum atomic E-state index is 0.866. The smallest absolute Gasteiger partial charge is 0.0941 e. The van der Waals surface area contributed by atoms with E-state index in [-0.39, 0.29) is 0 Å². The molecule has 1 aromatic carbocycles. The van der Waals surface area contributed by atoms with Crippen molar-refractivity contribution < 1.29 is 0 Å². The highest BCUT2D eigenvalue weighted by atomic mass is 15.3. The lowest BCUT2D eigenvalue weighted by atomic mass is 9.93. The summed E-state index contributed by atoms with van der Waals surface area (Å²) in [6, 6.07) is 15.0. The number of likely N-dealkylation sites (tertiary alicyclic amines) is 1. The van der Waals surface area contributed by atoms with Crippen LogP contribution in [-0.2, 0) is 6.54 Å². The summed E-state index contributed by atoms with van der Waals surface area (Å²) in [6.45, 7) is 5.68. The van der Waals surface area contributed by atoms with Gasteiger partial charge in [0.05, 0.1) is 6.67 Å². The fourth-order valence-corrected chi connectivity index (χ4v) is 3.94. The lowest BCUT2D eigenvalue weighted by Gasteiger charge is -2.33. The second kappa shape index (κ2) is 8.37. The van der Waals surface area contributed by atoms with E-state index in [2.05, 4.69) is 74.5 Å². The highest BCUT2D eigenvalue weighted by molar-refractivity contribution is 5.48. The third-order valence-corrected chi connectivity index (χ3v) is 5.57. The molecule has 0 aliphatic carbocycles. The zero-order chi connectivity index (χ0) is 17.6. The molecule has 0 atom stereocenters. The van der Waals surface area contributed by atoms with E-state index in [4.69, 9.17) is 0 Å². The Kier molecular flexibility index (Phi) is 5.50. The average Bonchev–Trinajstić information content (AvgIpc) is 3.18. The summed E-state index contributed by atoms with van der Waals surface area (Å²) < 4.78 is 0. The molecule has 1 fully saturated rings. The molecule has 2 aliphatic rings. The summed E-state index contributed by atoms with van der Waals surface area (Å²) in [4.78, 5) is 11.4. The zero-order valence-electron chi connectivity index (χ0n) is 15.4. The minimum absolute atomic E-state index is 0.866. The molecule has 0 radical (unpaired) electrons. The van der Waals surface area contributed by atoms with Crippen molar-refractivity contribution in [2.45, 2.75) is 25.8 Å². The minimum Gasteiger partial charge on any atom is -0.358 e. The molecule has 4 rings (SSSR count). The number of pyridine rings is 1. The Bertz CT molecular complexity index is 693. The topological polar surface area (TPSA) is 22.6 Å². The van der Waals surface area contributed by atoms with E-state index in [9.17, 15) is 0 Å². The third-order valence-electron chi connectivity index (χ3n) is 5.57. The predicted molar refractivity (Wildman–Crippen MR) is 106 cm³/mol. The second-order valence-electron chi connectivity index (χ2n) is 7.42. The molecule has 0 amide bonds. The van der Waals surface area contributed by atoms with E-state index in [1.807, 2.05) is 12.4 Å². The van der Waals surface area contributed by atoms with Gasteiger partial charge >= 0.3 is 0 Å². The molecular weight excluding hydrogens is 320 g/mol. The quantitative estimate of drug-likeness (QED) is 0.789. The van der Waals surface area contributed by atoms with E-state index in [1.54, 1.807) is 0 Å². The van der Waals surface area contributed by atoms with Crippen molar-refractivity contribution >= 4 is 5.69 Å². The Morgan fingerprint density at radius 2 is 1.69 bits per heavy atom. The van der Waals surface area contributed by atoms with Gasteiger partial charge in [-0.3, -0.25) is 9.88 Å². The molecule has 1 aromatic heterocycles. The first-order valence-corrected chi connectivity index (χ1v) is 9.72. The van der Waals surface area contributed by atoms with Gasteiger partial charge in [0.15, 0.2) is 0 Å². The SMILES string of the molecule is C1=CN(c2ccncc2)CN1CCC1CCN(Cc2ccccc2)CC1. The molecule has 0 N–H and O–H groups in total. The van der Waals surface area contributed by atoms with Gasteiger partial charge in [0, 0.05) is 43.6 Å². The van der Waals surface area contributed by atoms with Gasteiger partial charge in [0.25, 0.3) is 0 Å². The van der Waals surface area contributed by atoms with Gasteiger partial charge < -0.3 is 9.80 Å². The number of anilines is 1. The first-order valence-electron chi connectivity index (χ1n) is 9.72. The molecule has 4 heteroatoms. The molecule has 26 heavy (non-hydrogen) atoms. The highest BCUT2D eigenvalue weighted by Crippen LogP contribution is 2.24. The molecule has 0 bridgehead atoms. The number of aromatic nitrogens is 1. The van der Waals surface area contributed by atoms with Crippen LogP contribution in [0.1, 0.15) is 24.8 Å². The van der Waals surface area contributed by atoms with Gasteiger partial charge in [-0.25, -0.2) is 0 Å². The van der Waals surface area contributed by atoms with Crippen molar-refractivity contribution in [3.8, 4) is 0 Å². The van der Waals surface area contributed by atoms with E-state index >= 15 is 0 Å². The lowest BCUT2D eigenvalue weighted by Crippen LogP contribution is -2.34. The molecule has 0 unspecified atom stereocenters. The van der Waals surface area contributed by atoms with Crippen molar-refractivity contribution in [3.05, 3.63) is 72.8 Å². The maximum absolute atomic E-state index is 4.10. The Morgan fingerprint density at radius 1 is 0.923 bits per heavy atom. The van der Waals surface area contributed by atoms with Crippen molar-refractivity contribution in [2.75, 3.05) is 31.2 Å². The summed E-state index contributed by atoms with van der Waals surface area (Å²) >= 11 is 0. The van der Waals surface area contributed by atoms with Crippen LogP contribution in [0.2, 0.25) is 0 Å². The Morgan fingerprint density at radius 3 is 2.46 bits per heavy atom. The van der Waals surface area contributed by atoms with E-state index in [0.717, 1.165) is 25.7 Å². The van der Waals surface area contributed by atoms with Crippen LogP contribution in [0, 0.1) is 5.92 Å². The van der Waals surface area contributed by atoms with Crippen molar-refractivity contribution in [1.29, 1.82) is 0 Å². The first-order chi connectivity index (χ1) is 12.9. The van der Waals surface area contributed by atoms with Crippen molar-refractivity contribution in [2.24, 2.45) is 5.92 Å². The Labute approximate surface area is 156 Å². The van der Waals surface area contributed by atoms with Crippen LogP contribution in [-0.4, -0.2) is 41.1 Å². The molecule has 136 valence electrons. The van der Waals surface area contributed by atoms with Crippen LogP contribution < -0.4 is 4.90 Å². The van der Waals surface area contributed by atoms with E-state index < -0.39 is 0 Å². The fourth-order valence-electron chi connectivity index (χ4n) is 3.94.